The van der Waals surface area contributed by atoms with E-state index in [4.69, 9.17) is 4.74 Å². The van der Waals surface area contributed by atoms with Crippen LogP contribution in [0.5, 0.6) is 0 Å². The smallest absolute Gasteiger partial charge is 0.407 e. The summed E-state index contributed by atoms with van der Waals surface area (Å²) in [5.74, 6) is 0. The summed E-state index contributed by atoms with van der Waals surface area (Å²) in [5, 5.41) is 2.96. The minimum absolute atomic E-state index is 0.267. The lowest BCUT2D eigenvalue weighted by atomic mass is 10.2. The van der Waals surface area contributed by atoms with E-state index in [2.05, 4.69) is 24.2 Å². The first-order valence-corrected chi connectivity index (χ1v) is 6.51. The lowest BCUT2D eigenvalue weighted by molar-refractivity contribution is 0.0504. The molecular formula is C13H26N2O2. The molecule has 1 aliphatic carbocycles. The molecule has 1 N–H and O–H groups in total. The minimum atomic E-state index is -0.414. The zero-order chi connectivity index (χ0) is 13.1. The van der Waals surface area contributed by atoms with Crippen LogP contribution in [0.1, 0.15) is 47.0 Å². The molecule has 1 fully saturated rings. The molecule has 0 aromatic rings. The average molecular weight is 242 g/mol. The normalized spacial score (nSPS) is 25.1. The number of alkyl carbamates (subject to hydrolysis) is 1. The SMILES string of the molecule is CCN(C)[C@@H]1CC[C@H](NC(=O)OC(C)(C)C)C1. The predicted molar refractivity (Wildman–Crippen MR) is 69.1 cm³/mol. The van der Waals surface area contributed by atoms with Gasteiger partial charge in [-0.1, -0.05) is 6.92 Å². The zero-order valence-electron chi connectivity index (χ0n) is 11.7. The monoisotopic (exact) mass is 242 g/mol. The summed E-state index contributed by atoms with van der Waals surface area (Å²) in [5.41, 5.74) is -0.414. The van der Waals surface area contributed by atoms with E-state index in [1.165, 1.54) is 0 Å². The number of carbonyl (C=O) groups excluding carboxylic acids is 1. The topological polar surface area (TPSA) is 41.6 Å². The molecule has 1 rings (SSSR count). The van der Waals surface area contributed by atoms with E-state index < -0.39 is 5.60 Å². The van der Waals surface area contributed by atoms with Crippen LogP contribution in [-0.2, 0) is 4.74 Å². The number of rotatable bonds is 3. The molecular weight excluding hydrogens is 216 g/mol. The summed E-state index contributed by atoms with van der Waals surface area (Å²) in [7, 11) is 2.14. The molecule has 0 bridgehead atoms. The van der Waals surface area contributed by atoms with Gasteiger partial charge in [0.2, 0.25) is 0 Å². The summed E-state index contributed by atoms with van der Waals surface area (Å²) in [6, 6.07) is 0.865. The number of nitrogens with zero attached hydrogens (tertiary/aromatic N) is 1. The van der Waals surface area contributed by atoms with E-state index in [9.17, 15) is 4.79 Å². The van der Waals surface area contributed by atoms with Crippen LogP contribution in [-0.4, -0.2) is 42.3 Å². The Bertz CT molecular complexity index is 261. The number of nitrogens with one attached hydrogen (secondary N) is 1. The maximum Gasteiger partial charge on any atom is 0.407 e. The highest BCUT2D eigenvalue weighted by Crippen LogP contribution is 2.23. The first-order chi connectivity index (χ1) is 7.81. The Balaban J connectivity index is 2.33. The van der Waals surface area contributed by atoms with E-state index in [0.717, 1.165) is 25.8 Å². The van der Waals surface area contributed by atoms with Crippen molar-refractivity contribution >= 4 is 6.09 Å². The number of hydrogen-bond acceptors (Lipinski definition) is 3. The molecule has 2 atom stereocenters. The highest BCUT2D eigenvalue weighted by Gasteiger charge is 2.29. The van der Waals surface area contributed by atoms with E-state index >= 15 is 0 Å². The van der Waals surface area contributed by atoms with Crippen LogP contribution in [0, 0.1) is 0 Å². The van der Waals surface area contributed by atoms with Crippen LogP contribution in [0.15, 0.2) is 0 Å². The van der Waals surface area contributed by atoms with Crippen molar-refractivity contribution in [1.82, 2.24) is 10.2 Å². The van der Waals surface area contributed by atoms with Crippen molar-refractivity contribution in [2.24, 2.45) is 0 Å². The van der Waals surface area contributed by atoms with Crippen LogP contribution in [0.2, 0.25) is 0 Å². The summed E-state index contributed by atoms with van der Waals surface area (Å²) in [6.07, 6.45) is 2.95. The highest BCUT2D eigenvalue weighted by atomic mass is 16.6. The second-order valence-electron chi connectivity index (χ2n) is 5.88. The van der Waals surface area contributed by atoms with Crippen molar-refractivity contribution in [2.75, 3.05) is 13.6 Å². The molecule has 17 heavy (non-hydrogen) atoms. The Labute approximate surface area is 105 Å². The second-order valence-corrected chi connectivity index (χ2v) is 5.88. The Hall–Kier alpha value is -0.770. The molecule has 0 aromatic carbocycles. The van der Waals surface area contributed by atoms with Crippen LogP contribution < -0.4 is 5.32 Å². The first-order valence-electron chi connectivity index (χ1n) is 6.51. The molecule has 1 saturated carbocycles. The van der Waals surface area contributed by atoms with E-state index in [1.807, 2.05) is 20.8 Å². The van der Waals surface area contributed by atoms with Gasteiger partial charge >= 0.3 is 6.09 Å². The van der Waals surface area contributed by atoms with Gasteiger partial charge < -0.3 is 15.0 Å². The average Bonchev–Trinajstić information content (AvgIpc) is 2.62. The van der Waals surface area contributed by atoms with Gasteiger partial charge in [-0.15, -0.1) is 0 Å². The maximum atomic E-state index is 11.6. The summed E-state index contributed by atoms with van der Waals surface area (Å²) < 4.78 is 5.26. The Kier molecular flexibility index (Phi) is 4.80. The molecule has 1 amide bonds. The van der Waals surface area contributed by atoms with Crippen molar-refractivity contribution in [3.63, 3.8) is 0 Å². The van der Waals surface area contributed by atoms with Crippen LogP contribution in [0.25, 0.3) is 0 Å². The number of amides is 1. The van der Waals surface area contributed by atoms with E-state index in [-0.39, 0.29) is 12.1 Å². The molecule has 0 heterocycles. The molecule has 0 spiro atoms. The van der Waals surface area contributed by atoms with Crippen LogP contribution >= 0.6 is 0 Å². The standard InChI is InChI=1S/C13H26N2O2/c1-6-15(5)11-8-7-10(9-11)14-12(16)17-13(2,3)4/h10-11H,6-9H2,1-5H3,(H,14,16)/t10-,11+/m0/s1. The molecule has 4 heteroatoms. The molecule has 0 aromatic heterocycles. The van der Waals surface area contributed by atoms with E-state index in [0.29, 0.717) is 6.04 Å². The quantitative estimate of drug-likeness (QED) is 0.826. The van der Waals surface area contributed by atoms with Crippen molar-refractivity contribution in [3.8, 4) is 0 Å². The minimum Gasteiger partial charge on any atom is -0.444 e. The van der Waals surface area contributed by atoms with Crippen molar-refractivity contribution < 1.29 is 9.53 Å². The number of ether oxygens (including phenoxy) is 1. The molecule has 0 radical (unpaired) electrons. The van der Waals surface area contributed by atoms with Gasteiger partial charge in [-0.05, 0) is 53.6 Å². The predicted octanol–water partition coefficient (Wildman–Crippen LogP) is 2.38. The van der Waals surface area contributed by atoms with E-state index in [1.54, 1.807) is 0 Å². The van der Waals surface area contributed by atoms with Gasteiger partial charge in [0.1, 0.15) is 5.60 Å². The zero-order valence-corrected chi connectivity index (χ0v) is 11.7. The van der Waals surface area contributed by atoms with Gasteiger partial charge in [-0.2, -0.15) is 0 Å². The third-order valence-corrected chi connectivity index (χ3v) is 3.25. The summed E-state index contributed by atoms with van der Waals surface area (Å²) in [6.45, 7) is 8.87. The lowest BCUT2D eigenvalue weighted by Gasteiger charge is -2.24. The Morgan fingerprint density at radius 1 is 1.41 bits per heavy atom. The van der Waals surface area contributed by atoms with Crippen molar-refractivity contribution in [1.29, 1.82) is 0 Å². The molecule has 1 aliphatic rings. The molecule has 100 valence electrons. The van der Waals surface area contributed by atoms with Gasteiger partial charge in [-0.3, -0.25) is 0 Å². The lowest BCUT2D eigenvalue weighted by Crippen LogP contribution is -2.39. The van der Waals surface area contributed by atoms with Gasteiger partial charge in [-0.25, -0.2) is 4.79 Å². The van der Waals surface area contributed by atoms with Gasteiger partial charge in [0, 0.05) is 12.1 Å². The van der Waals surface area contributed by atoms with Crippen molar-refractivity contribution in [3.05, 3.63) is 0 Å². The maximum absolute atomic E-state index is 11.6. The Morgan fingerprint density at radius 2 is 2.06 bits per heavy atom. The molecule has 0 aliphatic heterocycles. The number of hydrogen-bond donors (Lipinski definition) is 1. The number of carbonyl (C=O) groups is 1. The highest BCUT2D eigenvalue weighted by molar-refractivity contribution is 5.68. The molecule has 0 unspecified atom stereocenters. The Morgan fingerprint density at radius 3 is 2.59 bits per heavy atom. The molecule has 0 saturated heterocycles. The fraction of sp³-hybridized carbons (Fsp3) is 0.923. The van der Waals surface area contributed by atoms with Gasteiger partial charge in [0.25, 0.3) is 0 Å². The second kappa shape index (κ2) is 5.71. The third-order valence-electron chi connectivity index (χ3n) is 3.25. The third kappa shape index (κ3) is 4.94. The van der Waals surface area contributed by atoms with Crippen LogP contribution in [0.3, 0.4) is 0 Å². The first kappa shape index (κ1) is 14.3. The fourth-order valence-corrected chi connectivity index (χ4v) is 2.22. The fourth-order valence-electron chi connectivity index (χ4n) is 2.22. The largest absolute Gasteiger partial charge is 0.444 e. The van der Waals surface area contributed by atoms with Crippen LogP contribution in [0.4, 0.5) is 4.79 Å². The summed E-state index contributed by atoms with van der Waals surface area (Å²) >= 11 is 0. The van der Waals surface area contributed by atoms with Gasteiger partial charge in [0.05, 0.1) is 0 Å². The molecule has 4 nitrogen and oxygen atoms in total. The summed E-state index contributed by atoms with van der Waals surface area (Å²) in [4.78, 5) is 14.0. The van der Waals surface area contributed by atoms with Gasteiger partial charge in [0.15, 0.2) is 0 Å². The van der Waals surface area contributed by atoms with Crippen molar-refractivity contribution in [2.45, 2.75) is 64.6 Å².